The molecule has 16 heavy (non-hydrogen) atoms. The molecule has 1 aromatic heterocycles. The van der Waals surface area contributed by atoms with Crippen molar-refractivity contribution in [3.8, 4) is 5.75 Å². The Morgan fingerprint density at radius 1 is 1.25 bits per heavy atom. The van der Waals surface area contributed by atoms with Crippen LogP contribution < -0.4 is 5.32 Å². The Hall–Kier alpha value is -1.09. The highest BCUT2D eigenvalue weighted by Crippen LogP contribution is 2.13. The summed E-state index contributed by atoms with van der Waals surface area (Å²) in [6.45, 7) is 5.79. The van der Waals surface area contributed by atoms with Crippen molar-refractivity contribution in [3.05, 3.63) is 23.5 Å². The van der Waals surface area contributed by atoms with Crippen molar-refractivity contribution in [3.63, 3.8) is 0 Å². The lowest BCUT2D eigenvalue weighted by molar-refractivity contribution is 0.458. The van der Waals surface area contributed by atoms with Gasteiger partial charge in [-0.25, -0.2) is 0 Å². The van der Waals surface area contributed by atoms with Gasteiger partial charge in [0.15, 0.2) is 0 Å². The maximum Gasteiger partial charge on any atom is 0.138 e. The molecule has 1 aromatic rings. The Balaban J connectivity index is 2.23. The molecule has 0 amide bonds. The van der Waals surface area contributed by atoms with E-state index in [4.69, 9.17) is 0 Å². The van der Waals surface area contributed by atoms with Gasteiger partial charge in [0.2, 0.25) is 0 Å². The number of hydrogen-bond acceptors (Lipinski definition) is 3. The van der Waals surface area contributed by atoms with E-state index in [9.17, 15) is 5.11 Å². The number of aromatic nitrogens is 1. The van der Waals surface area contributed by atoms with Crippen LogP contribution in [0.4, 0.5) is 0 Å². The number of nitrogens with one attached hydrogen (secondary N) is 1. The molecule has 2 N–H and O–H groups in total. The highest BCUT2D eigenvalue weighted by Gasteiger charge is 2.01. The first-order valence-electron chi connectivity index (χ1n) is 6.10. The number of nitrogens with zero attached hydrogens (tertiary/aromatic N) is 1. The van der Waals surface area contributed by atoms with Crippen molar-refractivity contribution < 1.29 is 5.11 Å². The molecule has 3 nitrogen and oxygen atoms in total. The Morgan fingerprint density at radius 3 is 2.81 bits per heavy atom. The molecule has 0 radical (unpaired) electrons. The van der Waals surface area contributed by atoms with E-state index in [1.165, 1.54) is 25.7 Å². The second-order valence-corrected chi connectivity index (χ2v) is 4.16. The highest BCUT2D eigenvalue weighted by atomic mass is 16.3. The van der Waals surface area contributed by atoms with Gasteiger partial charge in [-0.2, -0.15) is 0 Å². The van der Waals surface area contributed by atoms with Gasteiger partial charge in [-0.05, 0) is 32.0 Å². The number of aryl methyl sites for hydroxylation is 1. The van der Waals surface area contributed by atoms with Crippen LogP contribution in [0.25, 0.3) is 0 Å². The van der Waals surface area contributed by atoms with E-state index in [2.05, 4.69) is 17.2 Å². The zero-order valence-electron chi connectivity index (χ0n) is 10.3. The van der Waals surface area contributed by atoms with Crippen LogP contribution in [0.3, 0.4) is 0 Å². The summed E-state index contributed by atoms with van der Waals surface area (Å²) in [6.07, 6.45) is 5.03. The molecule has 0 spiro atoms. The molecule has 0 aliphatic carbocycles. The van der Waals surface area contributed by atoms with Gasteiger partial charge in [0.05, 0.1) is 5.69 Å². The molecule has 0 fully saturated rings. The summed E-state index contributed by atoms with van der Waals surface area (Å²) < 4.78 is 0. The van der Waals surface area contributed by atoms with E-state index in [1.807, 2.05) is 13.0 Å². The fourth-order valence-corrected chi connectivity index (χ4v) is 1.62. The van der Waals surface area contributed by atoms with Gasteiger partial charge in [-0.3, -0.25) is 4.98 Å². The fraction of sp³-hybridized carbons (Fsp3) is 0.615. The second kappa shape index (κ2) is 7.23. The first kappa shape index (κ1) is 13.0. The Bertz CT molecular complexity index is 313. The molecule has 0 bridgehead atoms. The first-order valence-corrected chi connectivity index (χ1v) is 6.10. The molecule has 3 heteroatoms. The van der Waals surface area contributed by atoms with Crippen LogP contribution in [0, 0.1) is 6.92 Å². The summed E-state index contributed by atoms with van der Waals surface area (Å²) in [5.74, 6) is 0.284. The van der Waals surface area contributed by atoms with E-state index >= 15 is 0 Å². The van der Waals surface area contributed by atoms with E-state index in [1.54, 1.807) is 6.07 Å². The molecule has 0 aliphatic heterocycles. The average Bonchev–Trinajstić information content (AvgIpc) is 2.28. The standard InChI is InChI=1S/C13H22N2O/c1-3-4-5-6-9-14-10-12-13(16)8-7-11(2)15-12/h7-8,14,16H,3-6,9-10H2,1-2H3. The minimum atomic E-state index is 0.284. The van der Waals surface area contributed by atoms with Crippen LogP contribution in [0.2, 0.25) is 0 Å². The van der Waals surface area contributed by atoms with Gasteiger partial charge in [0.1, 0.15) is 5.75 Å². The fourth-order valence-electron chi connectivity index (χ4n) is 1.62. The summed E-state index contributed by atoms with van der Waals surface area (Å²) >= 11 is 0. The van der Waals surface area contributed by atoms with Gasteiger partial charge in [-0.15, -0.1) is 0 Å². The third-order valence-electron chi connectivity index (χ3n) is 2.59. The van der Waals surface area contributed by atoms with Crippen LogP contribution in [0.1, 0.15) is 44.0 Å². The zero-order chi connectivity index (χ0) is 11.8. The van der Waals surface area contributed by atoms with Crippen molar-refractivity contribution in [2.75, 3.05) is 6.54 Å². The summed E-state index contributed by atoms with van der Waals surface area (Å²) in [7, 11) is 0. The van der Waals surface area contributed by atoms with E-state index in [-0.39, 0.29) is 5.75 Å². The molecule has 0 atom stereocenters. The topological polar surface area (TPSA) is 45.2 Å². The summed E-state index contributed by atoms with van der Waals surface area (Å²) in [5.41, 5.74) is 1.69. The third kappa shape index (κ3) is 4.62. The molecule has 0 aliphatic rings. The third-order valence-corrected chi connectivity index (χ3v) is 2.59. The molecule has 0 unspecified atom stereocenters. The van der Waals surface area contributed by atoms with E-state index in [0.717, 1.165) is 17.9 Å². The lowest BCUT2D eigenvalue weighted by Gasteiger charge is -2.06. The lowest BCUT2D eigenvalue weighted by atomic mass is 10.2. The largest absolute Gasteiger partial charge is 0.506 e. The number of unbranched alkanes of at least 4 members (excludes halogenated alkanes) is 3. The summed E-state index contributed by atoms with van der Waals surface area (Å²) in [6, 6.07) is 3.52. The van der Waals surface area contributed by atoms with Gasteiger partial charge in [0, 0.05) is 12.2 Å². The molecular formula is C13H22N2O. The van der Waals surface area contributed by atoms with Crippen molar-refractivity contribution in [2.24, 2.45) is 0 Å². The molecule has 0 saturated carbocycles. The monoisotopic (exact) mass is 222 g/mol. The average molecular weight is 222 g/mol. The van der Waals surface area contributed by atoms with E-state index in [0.29, 0.717) is 6.54 Å². The van der Waals surface area contributed by atoms with Crippen molar-refractivity contribution in [2.45, 2.75) is 46.1 Å². The predicted molar refractivity (Wildman–Crippen MR) is 66.5 cm³/mol. The van der Waals surface area contributed by atoms with Crippen LogP contribution in [0.15, 0.2) is 12.1 Å². The Kier molecular flexibility index (Phi) is 5.86. The second-order valence-electron chi connectivity index (χ2n) is 4.16. The molecule has 0 aromatic carbocycles. The van der Waals surface area contributed by atoms with Gasteiger partial charge in [0.25, 0.3) is 0 Å². The van der Waals surface area contributed by atoms with Crippen molar-refractivity contribution in [1.29, 1.82) is 0 Å². The molecule has 90 valence electrons. The number of rotatable bonds is 7. The summed E-state index contributed by atoms with van der Waals surface area (Å²) in [5, 5.41) is 12.9. The smallest absolute Gasteiger partial charge is 0.138 e. The van der Waals surface area contributed by atoms with Crippen LogP contribution in [-0.4, -0.2) is 16.6 Å². The molecule has 0 saturated heterocycles. The van der Waals surface area contributed by atoms with Crippen LogP contribution in [-0.2, 0) is 6.54 Å². The number of pyridine rings is 1. The van der Waals surface area contributed by atoms with Crippen LogP contribution >= 0.6 is 0 Å². The zero-order valence-corrected chi connectivity index (χ0v) is 10.3. The Labute approximate surface area is 97.9 Å². The van der Waals surface area contributed by atoms with Crippen molar-refractivity contribution in [1.82, 2.24) is 10.3 Å². The maximum absolute atomic E-state index is 9.57. The normalized spacial score (nSPS) is 10.6. The summed E-state index contributed by atoms with van der Waals surface area (Å²) in [4.78, 5) is 4.29. The Morgan fingerprint density at radius 2 is 2.06 bits per heavy atom. The number of aromatic hydroxyl groups is 1. The predicted octanol–water partition coefficient (Wildman–Crippen LogP) is 2.77. The van der Waals surface area contributed by atoms with E-state index < -0.39 is 0 Å². The molecule has 1 rings (SSSR count). The molecule has 1 heterocycles. The SMILES string of the molecule is CCCCCCNCc1nc(C)ccc1O. The van der Waals surface area contributed by atoms with Gasteiger partial charge >= 0.3 is 0 Å². The minimum absolute atomic E-state index is 0.284. The maximum atomic E-state index is 9.57. The highest BCUT2D eigenvalue weighted by molar-refractivity contribution is 5.27. The van der Waals surface area contributed by atoms with Gasteiger partial charge in [-0.1, -0.05) is 26.2 Å². The van der Waals surface area contributed by atoms with Crippen molar-refractivity contribution >= 4 is 0 Å². The first-order chi connectivity index (χ1) is 7.74. The quantitative estimate of drug-likeness (QED) is 0.697. The number of hydrogen-bond donors (Lipinski definition) is 2. The minimum Gasteiger partial charge on any atom is -0.506 e. The van der Waals surface area contributed by atoms with Crippen LogP contribution in [0.5, 0.6) is 5.75 Å². The molecular weight excluding hydrogens is 200 g/mol. The van der Waals surface area contributed by atoms with Gasteiger partial charge < -0.3 is 10.4 Å². The lowest BCUT2D eigenvalue weighted by Crippen LogP contribution is -2.15.